The van der Waals surface area contributed by atoms with Gasteiger partial charge in [-0.1, -0.05) is 0 Å². The van der Waals surface area contributed by atoms with Crippen molar-refractivity contribution in [2.45, 2.75) is 20.8 Å². The number of hydrogen-bond donors (Lipinski definition) is 2. The first-order chi connectivity index (χ1) is 7.91. The van der Waals surface area contributed by atoms with E-state index in [1.165, 1.54) is 11.3 Å². The van der Waals surface area contributed by atoms with Crippen LogP contribution in [0.15, 0.2) is 10.5 Å². The number of anilines is 1. The third kappa shape index (κ3) is 1.82. The second kappa shape index (κ2) is 3.92. The second-order valence-electron chi connectivity index (χ2n) is 3.93. The van der Waals surface area contributed by atoms with Crippen LogP contribution < -0.4 is 5.73 Å². The van der Waals surface area contributed by atoms with Gasteiger partial charge in [0.2, 0.25) is 0 Å². The molecule has 0 unspecified atom stereocenters. The highest BCUT2D eigenvalue weighted by molar-refractivity contribution is 7.18. The predicted octanol–water partition coefficient (Wildman–Crippen LogP) is 3.21. The van der Waals surface area contributed by atoms with Gasteiger partial charge in [0.1, 0.15) is 16.4 Å². The predicted molar refractivity (Wildman–Crippen MR) is 67.6 cm³/mol. The maximum atomic E-state index is 11.0. The number of carbonyl (C=O) groups is 1. The Kier molecular flexibility index (Phi) is 2.71. The first-order valence-electron chi connectivity index (χ1n) is 5.11. The largest absolute Gasteiger partial charge is 0.477 e. The van der Waals surface area contributed by atoms with E-state index in [2.05, 4.69) is 0 Å². The monoisotopic (exact) mass is 251 g/mol. The highest BCUT2D eigenvalue weighted by Crippen LogP contribution is 2.40. The Balaban J connectivity index is 2.65. The molecule has 0 aliphatic rings. The van der Waals surface area contributed by atoms with Gasteiger partial charge in [-0.2, -0.15) is 0 Å². The van der Waals surface area contributed by atoms with Gasteiger partial charge in [-0.15, -0.1) is 11.3 Å². The Bertz CT molecular complexity index is 595. The standard InChI is InChI=1S/C12H13NO3S/c1-5-4-8(7(3)16-5)10-6(2)9(13)11(17-10)12(14)15/h4H,13H2,1-3H3,(H,14,15). The number of furan rings is 1. The highest BCUT2D eigenvalue weighted by atomic mass is 32.1. The molecule has 2 heterocycles. The number of hydrogen-bond acceptors (Lipinski definition) is 4. The van der Waals surface area contributed by atoms with E-state index in [1.54, 1.807) is 0 Å². The fraction of sp³-hybridized carbons (Fsp3) is 0.250. The van der Waals surface area contributed by atoms with Gasteiger partial charge >= 0.3 is 5.97 Å². The van der Waals surface area contributed by atoms with Crippen LogP contribution >= 0.6 is 11.3 Å². The molecule has 0 atom stereocenters. The molecule has 2 aromatic rings. The normalized spacial score (nSPS) is 10.8. The summed E-state index contributed by atoms with van der Waals surface area (Å²) in [6.07, 6.45) is 0. The molecule has 0 bridgehead atoms. The Morgan fingerprint density at radius 2 is 2.06 bits per heavy atom. The summed E-state index contributed by atoms with van der Waals surface area (Å²) in [4.78, 5) is 12.1. The highest BCUT2D eigenvalue weighted by Gasteiger charge is 2.20. The summed E-state index contributed by atoms with van der Waals surface area (Å²) in [5.41, 5.74) is 7.86. The van der Waals surface area contributed by atoms with Crippen molar-refractivity contribution in [1.82, 2.24) is 0 Å². The Hall–Kier alpha value is -1.75. The van der Waals surface area contributed by atoms with Gasteiger partial charge in [0.25, 0.3) is 0 Å². The van der Waals surface area contributed by atoms with Crippen LogP contribution in [-0.4, -0.2) is 11.1 Å². The fourth-order valence-electron chi connectivity index (χ4n) is 1.80. The first kappa shape index (κ1) is 11.7. The average molecular weight is 251 g/mol. The number of thiophene rings is 1. The molecule has 4 nitrogen and oxygen atoms in total. The van der Waals surface area contributed by atoms with Crippen molar-refractivity contribution in [3.8, 4) is 10.4 Å². The lowest BCUT2D eigenvalue weighted by Gasteiger charge is -1.96. The van der Waals surface area contributed by atoms with Crippen molar-refractivity contribution in [1.29, 1.82) is 0 Å². The molecule has 0 amide bonds. The maximum Gasteiger partial charge on any atom is 0.348 e. The summed E-state index contributed by atoms with van der Waals surface area (Å²) in [7, 11) is 0. The lowest BCUT2D eigenvalue weighted by molar-refractivity contribution is 0.0703. The molecule has 0 aliphatic carbocycles. The van der Waals surface area contributed by atoms with Crippen molar-refractivity contribution in [2.24, 2.45) is 0 Å². The zero-order chi connectivity index (χ0) is 12.7. The van der Waals surface area contributed by atoms with Crippen LogP contribution in [-0.2, 0) is 0 Å². The number of carboxylic acid groups (broad SMARTS) is 1. The zero-order valence-corrected chi connectivity index (χ0v) is 10.6. The molecule has 0 aliphatic heterocycles. The maximum absolute atomic E-state index is 11.0. The third-order valence-electron chi connectivity index (χ3n) is 2.67. The van der Waals surface area contributed by atoms with Gasteiger partial charge in [-0.3, -0.25) is 0 Å². The van der Waals surface area contributed by atoms with Crippen LogP contribution in [0.3, 0.4) is 0 Å². The summed E-state index contributed by atoms with van der Waals surface area (Å²) < 4.78 is 5.45. The summed E-state index contributed by atoms with van der Waals surface area (Å²) in [5, 5.41) is 9.03. The van der Waals surface area contributed by atoms with Crippen molar-refractivity contribution in [3.63, 3.8) is 0 Å². The van der Waals surface area contributed by atoms with Gasteiger partial charge in [-0.25, -0.2) is 4.79 Å². The molecular weight excluding hydrogens is 238 g/mol. The number of aryl methyl sites for hydroxylation is 2. The molecule has 0 saturated carbocycles. The van der Waals surface area contributed by atoms with E-state index in [1.807, 2.05) is 26.8 Å². The number of nitrogens with two attached hydrogens (primary N) is 1. The summed E-state index contributed by atoms with van der Waals surface area (Å²) >= 11 is 1.19. The fourth-order valence-corrected chi connectivity index (χ4v) is 2.93. The number of aromatic carboxylic acids is 1. The lowest BCUT2D eigenvalue weighted by atomic mass is 10.1. The summed E-state index contributed by atoms with van der Waals surface area (Å²) in [6.45, 7) is 5.55. The number of rotatable bonds is 2. The Labute approximate surface area is 103 Å². The Morgan fingerprint density at radius 3 is 2.47 bits per heavy atom. The molecule has 0 radical (unpaired) electrons. The molecule has 0 saturated heterocycles. The minimum absolute atomic E-state index is 0.191. The van der Waals surface area contributed by atoms with Gasteiger partial charge in [0.15, 0.2) is 0 Å². The van der Waals surface area contributed by atoms with Gasteiger partial charge in [0.05, 0.1) is 5.69 Å². The first-order valence-corrected chi connectivity index (χ1v) is 5.93. The number of nitrogen functional groups attached to an aromatic ring is 1. The average Bonchev–Trinajstić information content (AvgIpc) is 2.70. The molecule has 2 aromatic heterocycles. The van der Waals surface area contributed by atoms with Crippen molar-refractivity contribution >= 4 is 23.0 Å². The quantitative estimate of drug-likeness (QED) is 0.859. The van der Waals surface area contributed by atoms with E-state index in [4.69, 9.17) is 15.3 Å². The molecular formula is C12H13NO3S. The second-order valence-corrected chi connectivity index (χ2v) is 4.95. The molecule has 0 spiro atoms. The van der Waals surface area contributed by atoms with Crippen LogP contribution in [0.1, 0.15) is 26.8 Å². The third-order valence-corrected chi connectivity index (χ3v) is 4.00. The van der Waals surface area contributed by atoms with Crippen LogP contribution in [0.4, 0.5) is 5.69 Å². The molecule has 17 heavy (non-hydrogen) atoms. The van der Waals surface area contributed by atoms with E-state index in [9.17, 15) is 4.79 Å². The molecule has 5 heteroatoms. The van der Waals surface area contributed by atoms with Crippen molar-refractivity contribution in [3.05, 3.63) is 28.0 Å². The molecule has 3 N–H and O–H groups in total. The summed E-state index contributed by atoms with van der Waals surface area (Å²) in [6, 6.07) is 1.90. The molecule has 0 fully saturated rings. The molecule has 90 valence electrons. The smallest absolute Gasteiger partial charge is 0.348 e. The van der Waals surface area contributed by atoms with Crippen molar-refractivity contribution in [2.75, 3.05) is 5.73 Å². The van der Waals surface area contributed by atoms with Gasteiger partial charge in [-0.05, 0) is 32.4 Å². The van der Waals surface area contributed by atoms with E-state index < -0.39 is 5.97 Å². The van der Waals surface area contributed by atoms with Crippen LogP contribution in [0.5, 0.6) is 0 Å². The minimum atomic E-state index is -0.986. The van der Waals surface area contributed by atoms with Crippen molar-refractivity contribution < 1.29 is 14.3 Å². The SMILES string of the molecule is Cc1cc(-c2sc(C(=O)O)c(N)c2C)c(C)o1. The molecule has 2 rings (SSSR count). The van der Waals surface area contributed by atoms with Crippen LogP contribution in [0.2, 0.25) is 0 Å². The van der Waals surface area contributed by atoms with E-state index in [0.29, 0.717) is 5.69 Å². The minimum Gasteiger partial charge on any atom is -0.477 e. The zero-order valence-electron chi connectivity index (χ0n) is 9.83. The van der Waals surface area contributed by atoms with Gasteiger partial charge < -0.3 is 15.3 Å². The van der Waals surface area contributed by atoms with E-state index in [-0.39, 0.29) is 4.88 Å². The lowest BCUT2D eigenvalue weighted by Crippen LogP contribution is -1.97. The van der Waals surface area contributed by atoms with E-state index >= 15 is 0 Å². The summed E-state index contributed by atoms with van der Waals surface area (Å²) in [5.74, 6) is 0.601. The Morgan fingerprint density at radius 1 is 1.41 bits per heavy atom. The van der Waals surface area contributed by atoms with Gasteiger partial charge in [0, 0.05) is 10.4 Å². The number of carboxylic acids is 1. The van der Waals surface area contributed by atoms with Crippen LogP contribution in [0.25, 0.3) is 10.4 Å². The molecule has 0 aromatic carbocycles. The topological polar surface area (TPSA) is 76.5 Å². The van der Waals surface area contributed by atoms with Crippen LogP contribution in [0, 0.1) is 20.8 Å². The van der Waals surface area contributed by atoms with E-state index in [0.717, 1.165) is 27.5 Å².